The van der Waals surface area contributed by atoms with Gasteiger partial charge in [-0.05, 0) is 6.92 Å². The van der Waals surface area contributed by atoms with Crippen LogP contribution in [-0.2, 0) is 15.1 Å². The van der Waals surface area contributed by atoms with Crippen LogP contribution in [0.5, 0.6) is 0 Å². The van der Waals surface area contributed by atoms with Crippen molar-refractivity contribution in [1.82, 2.24) is 0 Å². The van der Waals surface area contributed by atoms with Crippen molar-refractivity contribution in [1.29, 1.82) is 0 Å². The molecule has 3 aromatic carbocycles. The second-order valence-electron chi connectivity index (χ2n) is 5.99. The molecule has 3 heteroatoms. The lowest BCUT2D eigenvalue weighted by molar-refractivity contribution is -0.154. The summed E-state index contributed by atoms with van der Waals surface area (Å²) in [5.41, 5.74) is 7.38. The van der Waals surface area contributed by atoms with E-state index in [0.29, 0.717) is 0 Å². The molecule has 0 amide bonds. The Morgan fingerprint density at radius 2 is 1.08 bits per heavy atom. The molecule has 3 aromatic rings. The van der Waals surface area contributed by atoms with Gasteiger partial charge in [-0.15, -0.1) is 0 Å². The van der Waals surface area contributed by atoms with Gasteiger partial charge in [0, 0.05) is 16.7 Å². The van der Waals surface area contributed by atoms with Gasteiger partial charge < -0.3 is 10.5 Å². The van der Waals surface area contributed by atoms with Gasteiger partial charge >= 0.3 is 5.97 Å². The van der Waals surface area contributed by atoms with Crippen LogP contribution in [0.25, 0.3) is 0 Å². The largest absolute Gasteiger partial charge is 0.443 e. The number of hydrogen-bond donors (Lipinski definition) is 1. The van der Waals surface area contributed by atoms with Crippen molar-refractivity contribution in [3.63, 3.8) is 0 Å². The van der Waals surface area contributed by atoms with Crippen molar-refractivity contribution in [3.05, 3.63) is 108 Å². The zero-order chi connectivity index (χ0) is 17.7. The van der Waals surface area contributed by atoms with Crippen LogP contribution in [0.1, 0.15) is 23.6 Å². The maximum absolute atomic E-state index is 12.5. The monoisotopic (exact) mass is 331 g/mol. The minimum Gasteiger partial charge on any atom is -0.443 e. The Morgan fingerprint density at radius 3 is 1.36 bits per heavy atom. The van der Waals surface area contributed by atoms with Crippen LogP contribution in [0.15, 0.2) is 91.0 Å². The van der Waals surface area contributed by atoms with E-state index in [1.165, 1.54) is 0 Å². The molecule has 0 aliphatic carbocycles. The van der Waals surface area contributed by atoms with Crippen LogP contribution in [0, 0.1) is 0 Å². The molecule has 1 atom stereocenters. The van der Waals surface area contributed by atoms with Crippen LogP contribution in [0.2, 0.25) is 0 Å². The van der Waals surface area contributed by atoms with Crippen LogP contribution < -0.4 is 5.73 Å². The molecule has 0 spiro atoms. The maximum Gasteiger partial charge on any atom is 0.324 e. The molecule has 0 unspecified atom stereocenters. The predicted octanol–water partition coefficient (Wildman–Crippen LogP) is 3.87. The first-order valence-electron chi connectivity index (χ1n) is 8.29. The van der Waals surface area contributed by atoms with Crippen LogP contribution >= 0.6 is 0 Å². The third kappa shape index (κ3) is 3.32. The first-order chi connectivity index (χ1) is 12.1. The first-order valence-corrected chi connectivity index (χ1v) is 8.29. The molecular formula is C22H21NO2. The summed E-state index contributed by atoms with van der Waals surface area (Å²) in [5.74, 6) is -0.448. The Bertz CT molecular complexity index is 718. The zero-order valence-electron chi connectivity index (χ0n) is 14.1. The zero-order valence-corrected chi connectivity index (χ0v) is 14.1. The van der Waals surface area contributed by atoms with Crippen molar-refractivity contribution in [3.8, 4) is 0 Å². The van der Waals surface area contributed by atoms with E-state index in [1.807, 2.05) is 91.0 Å². The van der Waals surface area contributed by atoms with Gasteiger partial charge in [-0.25, -0.2) is 0 Å². The lowest BCUT2D eigenvalue weighted by Gasteiger charge is -2.35. The lowest BCUT2D eigenvalue weighted by Crippen LogP contribution is -2.40. The normalized spacial score (nSPS) is 12.4. The Kier molecular flexibility index (Phi) is 4.96. The summed E-state index contributed by atoms with van der Waals surface area (Å²) in [4.78, 5) is 12.5. The average molecular weight is 331 g/mol. The Labute approximate surface area is 148 Å². The number of esters is 1. The smallest absolute Gasteiger partial charge is 0.324 e. The SMILES string of the molecule is C[C@H](N)C(=O)OC(c1ccccc1)(c1ccccc1)c1ccccc1. The molecule has 0 saturated heterocycles. The van der Waals surface area contributed by atoms with Gasteiger partial charge in [0.05, 0.1) is 0 Å². The minimum absolute atomic E-state index is 0.448. The van der Waals surface area contributed by atoms with Crippen molar-refractivity contribution in [2.24, 2.45) is 5.73 Å². The quantitative estimate of drug-likeness (QED) is 0.570. The van der Waals surface area contributed by atoms with E-state index in [0.717, 1.165) is 16.7 Å². The van der Waals surface area contributed by atoms with Gasteiger partial charge in [0.15, 0.2) is 5.60 Å². The molecular weight excluding hydrogens is 310 g/mol. The lowest BCUT2D eigenvalue weighted by atomic mass is 9.80. The number of carbonyl (C=O) groups is 1. The highest BCUT2D eigenvalue weighted by Crippen LogP contribution is 2.40. The maximum atomic E-state index is 12.5. The molecule has 25 heavy (non-hydrogen) atoms. The summed E-state index contributed by atoms with van der Waals surface area (Å²) in [6.07, 6.45) is 0. The second kappa shape index (κ2) is 7.32. The van der Waals surface area contributed by atoms with Crippen molar-refractivity contribution >= 4 is 5.97 Å². The molecule has 0 aliphatic rings. The van der Waals surface area contributed by atoms with Crippen LogP contribution in [0.3, 0.4) is 0 Å². The summed E-state index contributed by atoms with van der Waals surface area (Å²) in [7, 11) is 0. The van der Waals surface area contributed by atoms with Gasteiger partial charge in [0.1, 0.15) is 6.04 Å². The van der Waals surface area contributed by atoms with Gasteiger partial charge in [0.25, 0.3) is 0 Å². The van der Waals surface area contributed by atoms with E-state index in [1.54, 1.807) is 6.92 Å². The number of rotatable bonds is 5. The summed E-state index contributed by atoms with van der Waals surface area (Å²) >= 11 is 0. The van der Waals surface area contributed by atoms with E-state index < -0.39 is 17.6 Å². The highest BCUT2D eigenvalue weighted by molar-refractivity contribution is 5.76. The van der Waals surface area contributed by atoms with E-state index in [2.05, 4.69) is 0 Å². The summed E-state index contributed by atoms with van der Waals surface area (Å²) in [6.45, 7) is 1.63. The molecule has 0 aromatic heterocycles. The highest BCUT2D eigenvalue weighted by atomic mass is 16.6. The Hall–Kier alpha value is -2.91. The fourth-order valence-electron chi connectivity index (χ4n) is 2.94. The molecule has 3 nitrogen and oxygen atoms in total. The highest BCUT2D eigenvalue weighted by Gasteiger charge is 2.40. The molecule has 0 fully saturated rings. The van der Waals surface area contributed by atoms with Crippen LogP contribution in [-0.4, -0.2) is 12.0 Å². The number of carbonyl (C=O) groups excluding carboxylic acids is 1. The van der Waals surface area contributed by atoms with Gasteiger partial charge in [0.2, 0.25) is 0 Å². The molecule has 3 rings (SSSR count). The van der Waals surface area contributed by atoms with Crippen LogP contribution in [0.4, 0.5) is 0 Å². The topological polar surface area (TPSA) is 52.3 Å². The summed E-state index contributed by atoms with van der Waals surface area (Å²) < 4.78 is 6.09. The number of nitrogens with two attached hydrogens (primary N) is 1. The average Bonchev–Trinajstić information content (AvgIpc) is 2.68. The standard InChI is InChI=1S/C22H21NO2/c1-17(23)21(24)25-22(18-11-5-2-6-12-18,19-13-7-3-8-14-19)20-15-9-4-10-16-20/h2-17H,23H2,1H3/t17-/m0/s1. The number of hydrogen-bond acceptors (Lipinski definition) is 3. The molecule has 0 aliphatic heterocycles. The Morgan fingerprint density at radius 1 is 0.760 bits per heavy atom. The molecule has 126 valence electrons. The van der Waals surface area contributed by atoms with E-state index in [4.69, 9.17) is 10.5 Å². The third-order valence-corrected chi connectivity index (χ3v) is 4.17. The summed E-state index contributed by atoms with van der Waals surface area (Å²) in [6, 6.07) is 28.6. The third-order valence-electron chi connectivity index (χ3n) is 4.17. The van der Waals surface area contributed by atoms with Crippen molar-refractivity contribution in [2.75, 3.05) is 0 Å². The molecule has 0 heterocycles. The second-order valence-corrected chi connectivity index (χ2v) is 5.99. The fraction of sp³-hybridized carbons (Fsp3) is 0.136. The van der Waals surface area contributed by atoms with Gasteiger partial charge in [-0.2, -0.15) is 0 Å². The summed E-state index contributed by atoms with van der Waals surface area (Å²) in [5, 5.41) is 0. The molecule has 2 N–H and O–H groups in total. The number of ether oxygens (including phenoxy) is 1. The fourth-order valence-corrected chi connectivity index (χ4v) is 2.94. The Balaban J connectivity index is 2.29. The molecule has 0 bridgehead atoms. The van der Waals surface area contributed by atoms with E-state index >= 15 is 0 Å². The molecule has 0 saturated carbocycles. The van der Waals surface area contributed by atoms with E-state index in [-0.39, 0.29) is 0 Å². The first kappa shape index (κ1) is 16.9. The van der Waals surface area contributed by atoms with Crippen molar-refractivity contribution < 1.29 is 9.53 Å². The van der Waals surface area contributed by atoms with E-state index in [9.17, 15) is 4.79 Å². The van der Waals surface area contributed by atoms with Crippen molar-refractivity contribution in [2.45, 2.75) is 18.6 Å². The van der Waals surface area contributed by atoms with Gasteiger partial charge in [-0.3, -0.25) is 4.79 Å². The molecule has 0 radical (unpaired) electrons. The predicted molar refractivity (Wildman–Crippen MR) is 98.9 cm³/mol. The number of benzene rings is 3. The minimum atomic E-state index is -1.05. The van der Waals surface area contributed by atoms with Gasteiger partial charge in [-0.1, -0.05) is 91.0 Å².